The maximum atomic E-state index is 11.8. The molecule has 0 bridgehead atoms. The quantitative estimate of drug-likeness (QED) is 0.850. The minimum absolute atomic E-state index is 0.202. The number of hydrogen-bond donors (Lipinski definition) is 1. The summed E-state index contributed by atoms with van der Waals surface area (Å²) in [6, 6.07) is 4.62. The smallest absolute Gasteiger partial charge is 0.339 e. The number of aryl methyl sites for hydroxylation is 1. The molecule has 1 heterocycles. The molecular weight excluding hydrogens is 296 g/mol. The van der Waals surface area contributed by atoms with Crippen LogP contribution in [0.4, 0.5) is 5.69 Å². The van der Waals surface area contributed by atoms with Crippen molar-refractivity contribution in [3.05, 3.63) is 41.4 Å². The Labute approximate surface area is 125 Å². The van der Waals surface area contributed by atoms with Crippen LogP contribution in [0.5, 0.6) is 0 Å². The number of anilines is 1. The van der Waals surface area contributed by atoms with Crippen LogP contribution in [0.1, 0.15) is 16.8 Å². The number of hydrogen-bond acceptors (Lipinski definition) is 5. The van der Waals surface area contributed by atoms with Crippen molar-refractivity contribution in [1.82, 2.24) is 14.8 Å². The van der Waals surface area contributed by atoms with Gasteiger partial charge in [0.15, 0.2) is 0 Å². The Morgan fingerprint density at radius 1 is 1.43 bits per heavy atom. The highest BCUT2D eigenvalue weighted by atomic mass is 35.5. The third-order valence-electron chi connectivity index (χ3n) is 2.69. The predicted molar refractivity (Wildman–Crippen MR) is 76.1 cm³/mol. The second-order valence-electron chi connectivity index (χ2n) is 4.14. The van der Waals surface area contributed by atoms with Crippen LogP contribution in [0.3, 0.4) is 0 Å². The summed E-state index contributed by atoms with van der Waals surface area (Å²) in [5, 5.41) is 6.85. The van der Waals surface area contributed by atoms with Crippen LogP contribution in [0, 0.1) is 0 Å². The minimum Gasteiger partial charge on any atom is -0.465 e. The van der Waals surface area contributed by atoms with E-state index in [9.17, 15) is 9.59 Å². The summed E-state index contributed by atoms with van der Waals surface area (Å²) in [5.41, 5.74) is 0.677. The summed E-state index contributed by atoms with van der Waals surface area (Å²) in [5.74, 6) is -0.762. The van der Waals surface area contributed by atoms with Crippen molar-refractivity contribution >= 4 is 29.2 Å². The SMILES string of the molecule is COC(=O)c1cc(NC(=O)CCn2cncn2)ccc1Cl. The van der Waals surface area contributed by atoms with Gasteiger partial charge in [0.1, 0.15) is 12.7 Å². The van der Waals surface area contributed by atoms with E-state index in [1.807, 2.05) is 0 Å². The van der Waals surface area contributed by atoms with Gasteiger partial charge in [-0.3, -0.25) is 9.48 Å². The van der Waals surface area contributed by atoms with E-state index in [1.165, 1.54) is 31.9 Å². The first-order chi connectivity index (χ1) is 10.1. The van der Waals surface area contributed by atoms with Gasteiger partial charge in [0.2, 0.25) is 5.91 Å². The van der Waals surface area contributed by atoms with E-state index in [1.54, 1.807) is 10.7 Å². The molecule has 0 aliphatic carbocycles. The van der Waals surface area contributed by atoms with Crippen molar-refractivity contribution in [3.63, 3.8) is 0 Å². The third-order valence-corrected chi connectivity index (χ3v) is 3.02. The fraction of sp³-hybridized carbons (Fsp3) is 0.231. The van der Waals surface area contributed by atoms with E-state index in [0.717, 1.165) is 0 Å². The molecule has 0 spiro atoms. The standard InChI is InChI=1S/C13H13ClN4O3/c1-21-13(20)10-6-9(2-3-11(10)14)17-12(19)4-5-18-8-15-7-16-18/h2-3,6-8H,4-5H2,1H3,(H,17,19). The first-order valence-corrected chi connectivity index (χ1v) is 6.48. The Bertz CT molecular complexity index is 643. The molecule has 7 nitrogen and oxygen atoms in total. The molecule has 8 heteroatoms. The normalized spacial score (nSPS) is 10.2. The first kappa shape index (κ1) is 15.0. The molecule has 110 valence electrons. The van der Waals surface area contributed by atoms with Crippen LogP contribution in [-0.4, -0.2) is 33.8 Å². The molecule has 0 atom stereocenters. The molecular formula is C13H13ClN4O3. The Hall–Kier alpha value is -2.41. The Balaban J connectivity index is 1.99. The lowest BCUT2D eigenvalue weighted by atomic mass is 10.2. The number of benzene rings is 1. The number of halogens is 1. The van der Waals surface area contributed by atoms with Gasteiger partial charge in [-0.05, 0) is 18.2 Å². The Morgan fingerprint density at radius 3 is 2.90 bits per heavy atom. The molecule has 0 radical (unpaired) electrons. The highest BCUT2D eigenvalue weighted by Gasteiger charge is 2.12. The number of carbonyl (C=O) groups excluding carboxylic acids is 2. The van der Waals surface area contributed by atoms with Crippen LogP contribution in [0.15, 0.2) is 30.9 Å². The van der Waals surface area contributed by atoms with Crippen LogP contribution in [-0.2, 0) is 16.1 Å². The molecule has 0 unspecified atom stereocenters. The van der Waals surface area contributed by atoms with Crippen LogP contribution in [0.25, 0.3) is 0 Å². The van der Waals surface area contributed by atoms with Crippen molar-refractivity contribution in [2.24, 2.45) is 0 Å². The van der Waals surface area contributed by atoms with E-state index < -0.39 is 5.97 Å². The topological polar surface area (TPSA) is 86.1 Å². The van der Waals surface area contributed by atoms with E-state index in [-0.39, 0.29) is 22.9 Å². The van der Waals surface area contributed by atoms with Crippen LogP contribution in [0.2, 0.25) is 5.02 Å². The molecule has 0 aliphatic rings. The van der Waals surface area contributed by atoms with Crippen molar-refractivity contribution in [3.8, 4) is 0 Å². The number of aromatic nitrogens is 3. The molecule has 0 saturated heterocycles. The summed E-state index contributed by atoms with van der Waals surface area (Å²) in [6.07, 6.45) is 3.17. The number of esters is 1. The van der Waals surface area contributed by atoms with Crippen molar-refractivity contribution < 1.29 is 14.3 Å². The number of carbonyl (C=O) groups is 2. The summed E-state index contributed by atoms with van der Waals surface area (Å²) in [7, 11) is 1.27. The lowest BCUT2D eigenvalue weighted by Crippen LogP contribution is -2.15. The van der Waals surface area contributed by atoms with Crippen LogP contribution < -0.4 is 5.32 Å². The first-order valence-electron chi connectivity index (χ1n) is 6.10. The van der Waals surface area contributed by atoms with Gasteiger partial charge in [-0.25, -0.2) is 9.78 Å². The number of amides is 1. The van der Waals surface area contributed by atoms with Crippen molar-refractivity contribution in [1.29, 1.82) is 0 Å². The molecule has 0 aliphatic heterocycles. The molecule has 1 aromatic carbocycles. The minimum atomic E-state index is -0.557. The van der Waals surface area contributed by atoms with E-state index in [2.05, 4.69) is 20.1 Å². The summed E-state index contributed by atoms with van der Waals surface area (Å²) in [4.78, 5) is 27.1. The zero-order valence-electron chi connectivity index (χ0n) is 11.2. The molecule has 1 N–H and O–H groups in total. The molecule has 21 heavy (non-hydrogen) atoms. The van der Waals surface area contributed by atoms with Crippen molar-refractivity contribution in [2.45, 2.75) is 13.0 Å². The van der Waals surface area contributed by atoms with Gasteiger partial charge in [-0.15, -0.1) is 0 Å². The van der Waals surface area contributed by atoms with E-state index >= 15 is 0 Å². The molecule has 2 rings (SSSR count). The predicted octanol–water partition coefficient (Wildman–Crippen LogP) is 1.75. The van der Waals surface area contributed by atoms with Gasteiger partial charge in [-0.2, -0.15) is 5.10 Å². The lowest BCUT2D eigenvalue weighted by Gasteiger charge is -2.08. The van der Waals surface area contributed by atoms with Gasteiger partial charge in [0, 0.05) is 12.1 Å². The second-order valence-corrected chi connectivity index (χ2v) is 4.55. The number of nitrogens with zero attached hydrogens (tertiary/aromatic N) is 3. The maximum absolute atomic E-state index is 11.8. The monoisotopic (exact) mass is 308 g/mol. The molecule has 2 aromatic rings. The number of ether oxygens (including phenoxy) is 1. The fourth-order valence-corrected chi connectivity index (χ4v) is 1.85. The van der Waals surface area contributed by atoms with Gasteiger partial charge >= 0.3 is 5.97 Å². The molecule has 0 saturated carbocycles. The fourth-order valence-electron chi connectivity index (χ4n) is 1.66. The van der Waals surface area contributed by atoms with Gasteiger partial charge in [0.25, 0.3) is 0 Å². The summed E-state index contributed by atoms with van der Waals surface area (Å²) >= 11 is 5.90. The molecule has 0 fully saturated rings. The van der Waals surface area contributed by atoms with E-state index in [0.29, 0.717) is 12.2 Å². The summed E-state index contributed by atoms with van der Waals surface area (Å²) in [6.45, 7) is 0.420. The number of nitrogens with one attached hydrogen (secondary N) is 1. The third kappa shape index (κ3) is 4.03. The molecule has 1 amide bonds. The Morgan fingerprint density at radius 2 is 2.24 bits per heavy atom. The van der Waals surface area contributed by atoms with Gasteiger partial charge in [0.05, 0.1) is 24.2 Å². The number of rotatable bonds is 5. The largest absolute Gasteiger partial charge is 0.465 e. The highest BCUT2D eigenvalue weighted by molar-refractivity contribution is 6.33. The van der Waals surface area contributed by atoms with Crippen LogP contribution >= 0.6 is 11.6 Å². The number of methoxy groups -OCH3 is 1. The molecule has 1 aromatic heterocycles. The maximum Gasteiger partial charge on any atom is 0.339 e. The average molecular weight is 309 g/mol. The van der Waals surface area contributed by atoms with Crippen molar-refractivity contribution in [2.75, 3.05) is 12.4 Å². The van der Waals surface area contributed by atoms with Gasteiger partial charge < -0.3 is 10.1 Å². The Kier molecular flexibility index (Phi) is 4.89. The lowest BCUT2D eigenvalue weighted by molar-refractivity contribution is -0.116. The zero-order valence-corrected chi connectivity index (χ0v) is 12.0. The highest BCUT2D eigenvalue weighted by Crippen LogP contribution is 2.21. The zero-order chi connectivity index (χ0) is 15.2. The average Bonchev–Trinajstić information content (AvgIpc) is 2.99. The second kappa shape index (κ2) is 6.85. The summed E-state index contributed by atoms with van der Waals surface area (Å²) < 4.78 is 6.18. The van der Waals surface area contributed by atoms with Gasteiger partial charge in [-0.1, -0.05) is 11.6 Å². The van der Waals surface area contributed by atoms with E-state index in [4.69, 9.17) is 11.6 Å².